The van der Waals surface area contributed by atoms with E-state index in [-0.39, 0.29) is 0 Å². The lowest BCUT2D eigenvalue weighted by Gasteiger charge is -2.47. The molecule has 0 bridgehead atoms. The first-order valence-corrected chi connectivity index (χ1v) is 25.8. The molecule has 0 spiro atoms. The zero-order valence-electron chi connectivity index (χ0n) is 23.8. The predicted molar refractivity (Wildman–Crippen MR) is 156 cm³/mol. The van der Waals surface area contributed by atoms with E-state index >= 15 is 0 Å². The molecule has 0 aromatic carbocycles. The molecule has 6 nitrogen and oxygen atoms in total. The van der Waals surface area contributed by atoms with Crippen molar-refractivity contribution in [1.82, 2.24) is 0 Å². The maximum absolute atomic E-state index is 6.41. The van der Waals surface area contributed by atoms with Gasteiger partial charge in [-0.15, -0.1) is 0 Å². The summed E-state index contributed by atoms with van der Waals surface area (Å²) in [5.74, 6) is 1.67. The molecule has 3 rings (SSSR count). The SMILES string of the molecule is C[SiH]1O[SiH](C)O[SiH](CCCOC2CCC(C(C)(C)C3CCC(O[Si](C)(C)C)CC3)CC2)O[SiH](C)O1. The third-order valence-electron chi connectivity index (χ3n) is 8.36. The quantitative estimate of drug-likeness (QED) is 0.276. The zero-order valence-corrected chi connectivity index (χ0v) is 29.5. The molecule has 1 aliphatic heterocycles. The molecule has 11 heteroatoms. The van der Waals surface area contributed by atoms with Crippen molar-refractivity contribution in [3.63, 3.8) is 0 Å². The Morgan fingerprint density at radius 2 is 1.17 bits per heavy atom. The molecule has 2 unspecified atom stereocenters. The standard InChI is InChI=1S/C24H54O6Si5/c1-24(2,21-12-16-23(17-13-21)26-35(6,7)8)20-10-14-22(15-11-20)25-18-9-19-34-29-32(4)27-31(3)28-33(5)30-34/h20-23,31-34H,9-19H2,1-8H3. The molecule has 0 radical (unpaired) electrons. The molecule has 35 heavy (non-hydrogen) atoms. The predicted octanol–water partition coefficient (Wildman–Crippen LogP) is 5.24. The first kappa shape index (κ1) is 30.4. The number of rotatable bonds is 9. The number of hydrogen-bond donors (Lipinski definition) is 0. The van der Waals surface area contributed by atoms with Crippen molar-refractivity contribution >= 4 is 45.5 Å². The second kappa shape index (κ2) is 13.8. The largest absolute Gasteiger partial charge is 0.420 e. The maximum atomic E-state index is 6.41. The van der Waals surface area contributed by atoms with Crippen LogP contribution in [0.25, 0.3) is 0 Å². The molecule has 2 atom stereocenters. The molecule has 0 aromatic heterocycles. The van der Waals surface area contributed by atoms with Crippen LogP contribution in [0.5, 0.6) is 0 Å². The highest BCUT2D eigenvalue weighted by Gasteiger charge is 2.41. The van der Waals surface area contributed by atoms with Gasteiger partial charge in [-0.05, 0) is 120 Å². The minimum atomic E-state index is -1.67. The van der Waals surface area contributed by atoms with Gasteiger partial charge in [0.1, 0.15) is 0 Å². The lowest BCUT2D eigenvalue weighted by molar-refractivity contribution is -0.0220. The Morgan fingerprint density at radius 1 is 0.714 bits per heavy atom. The Morgan fingerprint density at radius 3 is 1.66 bits per heavy atom. The van der Waals surface area contributed by atoms with Gasteiger partial charge in [0.25, 0.3) is 27.9 Å². The molecule has 0 aromatic rings. The maximum Gasteiger partial charge on any atom is 0.303 e. The smallest absolute Gasteiger partial charge is 0.303 e. The summed E-state index contributed by atoms with van der Waals surface area (Å²) in [5.41, 5.74) is 0.430. The van der Waals surface area contributed by atoms with Crippen LogP contribution in [0.3, 0.4) is 0 Å². The molecule has 3 fully saturated rings. The summed E-state index contributed by atoms with van der Waals surface area (Å²) in [4.78, 5) is 0. The normalized spacial score (nSPS) is 38.1. The van der Waals surface area contributed by atoms with Crippen LogP contribution in [0, 0.1) is 17.3 Å². The molecule has 2 aliphatic carbocycles. The van der Waals surface area contributed by atoms with E-state index in [4.69, 9.17) is 25.6 Å². The lowest BCUT2D eigenvalue weighted by Crippen LogP contribution is -2.45. The summed E-state index contributed by atoms with van der Waals surface area (Å²) >= 11 is 0. The van der Waals surface area contributed by atoms with Gasteiger partial charge in [0.05, 0.1) is 6.10 Å². The molecular weight excluding hydrogens is 525 g/mol. The Kier molecular flexibility index (Phi) is 12.0. The van der Waals surface area contributed by atoms with Crippen LogP contribution >= 0.6 is 0 Å². The highest BCUT2D eigenvalue weighted by molar-refractivity contribution is 6.72. The van der Waals surface area contributed by atoms with Gasteiger partial charge < -0.3 is 25.6 Å². The van der Waals surface area contributed by atoms with Crippen molar-refractivity contribution in [3.8, 4) is 0 Å². The second-order valence-corrected chi connectivity index (χ2v) is 26.3. The lowest BCUT2D eigenvalue weighted by atomic mass is 9.60. The van der Waals surface area contributed by atoms with Crippen molar-refractivity contribution in [2.24, 2.45) is 17.3 Å². The highest BCUT2D eigenvalue weighted by atomic mass is 28.5. The first-order chi connectivity index (χ1) is 16.4. The summed E-state index contributed by atoms with van der Waals surface area (Å²) in [6, 6.07) is 1.00. The summed E-state index contributed by atoms with van der Waals surface area (Å²) in [5, 5.41) is 0. The second-order valence-electron chi connectivity index (χ2n) is 12.7. The van der Waals surface area contributed by atoms with Crippen molar-refractivity contribution < 1.29 is 25.6 Å². The third kappa shape index (κ3) is 10.2. The molecule has 2 saturated carbocycles. The van der Waals surface area contributed by atoms with Crippen molar-refractivity contribution in [2.75, 3.05) is 6.61 Å². The van der Waals surface area contributed by atoms with E-state index in [0.717, 1.165) is 30.9 Å². The molecule has 0 N–H and O–H groups in total. The van der Waals surface area contributed by atoms with Crippen LogP contribution in [-0.4, -0.2) is 64.3 Å². The van der Waals surface area contributed by atoms with Gasteiger partial charge in [0.2, 0.25) is 0 Å². The highest BCUT2D eigenvalue weighted by Crippen LogP contribution is 2.49. The van der Waals surface area contributed by atoms with Crippen LogP contribution < -0.4 is 0 Å². The molecule has 1 saturated heterocycles. The van der Waals surface area contributed by atoms with Gasteiger partial charge in [-0.1, -0.05) is 13.8 Å². The fraction of sp³-hybridized carbons (Fsp3) is 1.00. The average molecular weight is 579 g/mol. The Labute approximate surface area is 223 Å². The van der Waals surface area contributed by atoms with E-state index in [1.807, 2.05) is 0 Å². The van der Waals surface area contributed by atoms with Gasteiger partial charge in [-0.25, -0.2) is 0 Å². The average Bonchev–Trinajstić information content (AvgIpc) is 2.75. The molecular formula is C24H54O6Si5. The Bertz CT molecular complexity index is 606. The van der Waals surface area contributed by atoms with E-state index in [2.05, 4.69) is 53.1 Å². The van der Waals surface area contributed by atoms with Gasteiger partial charge >= 0.3 is 9.28 Å². The van der Waals surface area contributed by atoms with E-state index in [1.54, 1.807) is 0 Å². The van der Waals surface area contributed by atoms with Gasteiger partial charge in [0.15, 0.2) is 8.32 Å². The fourth-order valence-electron chi connectivity index (χ4n) is 6.46. The summed E-state index contributed by atoms with van der Waals surface area (Å²) < 4.78 is 37.2. The zero-order chi connectivity index (χ0) is 25.6. The van der Waals surface area contributed by atoms with Gasteiger partial charge in [-0.2, -0.15) is 0 Å². The van der Waals surface area contributed by atoms with Crippen LogP contribution in [0.4, 0.5) is 0 Å². The van der Waals surface area contributed by atoms with Crippen LogP contribution in [0.15, 0.2) is 0 Å². The number of hydrogen-bond acceptors (Lipinski definition) is 6. The van der Waals surface area contributed by atoms with Gasteiger partial charge in [-0.3, -0.25) is 0 Å². The van der Waals surface area contributed by atoms with Crippen LogP contribution in [0.1, 0.15) is 71.6 Å². The Hall–Kier alpha value is 0.844. The van der Waals surface area contributed by atoms with Crippen LogP contribution in [0.2, 0.25) is 45.3 Å². The molecule has 206 valence electrons. The third-order valence-corrected chi connectivity index (χ3v) is 21.9. The van der Waals surface area contributed by atoms with E-state index < -0.39 is 45.5 Å². The fourth-order valence-corrected chi connectivity index (χ4v) is 20.4. The van der Waals surface area contributed by atoms with E-state index in [0.29, 0.717) is 17.6 Å². The van der Waals surface area contributed by atoms with E-state index in [1.165, 1.54) is 51.4 Å². The first-order valence-electron chi connectivity index (χ1n) is 14.3. The summed E-state index contributed by atoms with van der Waals surface area (Å²) in [6.45, 7) is 19.2. The Balaban J connectivity index is 1.33. The van der Waals surface area contributed by atoms with E-state index in [9.17, 15) is 0 Å². The number of ether oxygens (including phenoxy) is 1. The monoisotopic (exact) mass is 578 g/mol. The van der Waals surface area contributed by atoms with Crippen molar-refractivity contribution in [3.05, 3.63) is 0 Å². The minimum absolute atomic E-state index is 0.430. The topological polar surface area (TPSA) is 55.4 Å². The molecule has 1 heterocycles. The van der Waals surface area contributed by atoms with Gasteiger partial charge in [0, 0.05) is 12.7 Å². The summed E-state index contributed by atoms with van der Waals surface area (Å²) in [7, 11) is -7.81. The van der Waals surface area contributed by atoms with Crippen molar-refractivity contribution in [2.45, 2.75) is 129 Å². The summed E-state index contributed by atoms with van der Waals surface area (Å²) in [6.07, 6.45) is 12.2. The van der Waals surface area contributed by atoms with Crippen molar-refractivity contribution in [1.29, 1.82) is 0 Å². The molecule has 0 amide bonds. The molecule has 3 aliphatic rings. The van der Waals surface area contributed by atoms with Crippen LogP contribution in [-0.2, 0) is 25.6 Å². The minimum Gasteiger partial charge on any atom is -0.420 e.